The highest BCUT2D eigenvalue weighted by molar-refractivity contribution is 6.18. The monoisotopic (exact) mass is 270 g/mol. The van der Waals surface area contributed by atoms with E-state index < -0.39 is 0 Å². The molecule has 2 aromatic rings. The van der Waals surface area contributed by atoms with Gasteiger partial charge < -0.3 is 4.57 Å². The summed E-state index contributed by atoms with van der Waals surface area (Å²) >= 11 is 11.9. The number of aromatic nitrogens is 2. The molecule has 4 heteroatoms. The van der Waals surface area contributed by atoms with Gasteiger partial charge in [-0.1, -0.05) is 13.0 Å². The van der Waals surface area contributed by atoms with Crippen LogP contribution in [0.5, 0.6) is 0 Å². The van der Waals surface area contributed by atoms with Gasteiger partial charge in [-0.05, 0) is 31.0 Å². The Balaban J connectivity index is 2.63. The molecule has 0 aliphatic rings. The average molecular weight is 271 g/mol. The molecule has 92 valence electrons. The van der Waals surface area contributed by atoms with Crippen molar-refractivity contribution in [2.45, 2.75) is 32.2 Å². The molecule has 1 unspecified atom stereocenters. The van der Waals surface area contributed by atoms with Crippen LogP contribution in [0.4, 0.5) is 0 Å². The number of alkyl halides is 2. The van der Waals surface area contributed by atoms with Crippen molar-refractivity contribution >= 4 is 34.2 Å². The van der Waals surface area contributed by atoms with Crippen LogP contribution in [0.3, 0.4) is 0 Å². The molecule has 0 bridgehead atoms. The molecule has 0 radical (unpaired) electrons. The van der Waals surface area contributed by atoms with Crippen molar-refractivity contribution in [2.24, 2.45) is 0 Å². The second kappa shape index (κ2) is 5.28. The van der Waals surface area contributed by atoms with Gasteiger partial charge in [-0.3, -0.25) is 0 Å². The van der Waals surface area contributed by atoms with Crippen LogP contribution in [0, 0.1) is 0 Å². The van der Waals surface area contributed by atoms with Crippen molar-refractivity contribution in [2.75, 3.05) is 5.88 Å². The van der Waals surface area contributed by atoms with Crippen molar-refractivity contribution in [3.05, 3.63) is 29.6 Å². The van der Waals surface area contributed by atoms with Crippen molar-refractivity contribution in [3.63, 3.8) is 0 Å². The first-order valence-corrected chi connectivity index (χ1v) is 6.89. The van der Waals surface area contributed by atoms with Crippen LogP contribution in [0.2, 0.25) is 0 Å². The molecule has 2 nitrogen and oxygen atoms in total. The Bertz CT molecular complexity index is 519. The topological polar surface area (TPSA) is 17.8 Å². The van der Waals surface area contributed by atoms with E-state index in [1.807, 2.05) is 0 Å². The molecule has 0 saturated heterocycles. The maximum absolute atomic E-state index is 5.95. The first-order chi connectivity index (χ1) is 8.21. The Morgan fingerprint density at radius 3 is 2.71 bits per heavy atom. The molecule has 1 atom stereocenters. The van der Waals surface area contributed by atoms with E-state index in [2.05, 4.69) is 41.6 Å². The van der Waals surface area contributed by atoms with Crippen LogP contribution in [0.15, 0.2) is 18.2 Å². The number of nitrogens with zero attached hydrogens (tertiary/aromatic N) is 2. The quantitative estimate of drug-likeness (QED) is 0.764. The summed E-state index contributed by atoms with van der Waals surface area (Å²) < 4.78 is 2.13. The van der Waals surface area contributed by atoms with Gasteiger partial charge in [0.2, 0.25) is 0 Å². The largest absolute Gasteiger partial charge is 0.323 e. The van der Waals surface area contributed by atoms with Gasteiger partial charge in [0.15, 0.2) is 0 Å². The van der Waals surface area contributed by atoms with Gasteiger partial charge in [0.05, 0.1) is 16.9 Å². The lowest BCUT2D eigenvalue weighted by molar-refractivity contribution is 0.603. The van der Waals surface area contributed by atoms with Gasteiger partial charge in [-0.2, -0.15) is 0 Å². The number of fused-ring (bicyclic) bond motifs is 1. The van der Waals surface area contributed by atoms with Crippen molar-refractivity contribution in [3.8, 4) is 0 Å². The second-order valence-corrected chi connectivity index (χ2v) is 4.79. The van der Waals surface area contributed by atoms with Crippen LogP contribution in [-0.4, -0.2) is 15.4 Å². The second-order valence-electron chi connectivity index (χ2n) is 4.21. The summed E-state index contributed by atoms with van der Waals surface area (Å²) in [5, 5.41) is 0. The van der Waals surface area contributed by atoms with Gasteiger partial charge in [0.25, 0.3) is 0 Å². The molecule has 0 spiro atoms. The van der Waals surface area contributed by atoms with Gasteiger partial charge in [0.1, 0.15) is 5.82 Å². The molecule has 1 heterocycles. The third-order valence-corrected chi connectivity index (χ3v) is 3.70. The zero-order valence-corrected chi connectivity index (χ0v) is 11.6. The predicted molar refractivity (Wildman–Crippen MR) is 74.1 cm³/mol. The van der Waals surface area contributed by atoms with Crippen molar-refractivity contribution in [1.29, 1.82) is 0 Å². The van der Waals surface area contributed by atoms with Crippen LogP contribution < -0.4 is 0 Å². The van der Waals surface area contributed by atoms with Crippen molar-refractivity contribution in [1.82, 2.24) is 9.55 Å². The molecule has 0 aliphatic heterocycles. The first-order valence-electron chi connectivity index (χ1n) is 5.82. The van der Waals surface area contributed by atoms with E-state index in [9.17, 15) is 0 Å². The third kappa shape index (κ3) is 2.29. The van der Waals surface area contributed by atoms with Gasteiger partial charge in [0, 0.05) is 11.9 Å². The summed E-state index contributed by atoms with van der Waals surface area (Å²) in [5.74, 6) is 1.87. The van der Waals surface area contributed by atoms with Gasteiger partial charge >= 0.3 is 0 Å². The molecule has 2 rings (SSSR count). The molecule has 0 saturated carbocycles. The minimum absolute atomic E-state index is 0.211. The van der Waals surface area contributed by atoms with Crippen molar-refractivity contribution < 1.29 is 0 Å². The molecule has 1 aromatic carbocycles. The molecule has 0 N–H and O–H groups in total. The summed E-state index contributed by atoms with van der Waals surface area (Å²) in [6.45, 7) is 4.22. The van der Waals surface area contributed by atoms with E-state index >= 15 is 0 Å². The SMILES string of the molecule is CCc1ccc2c(c1)nc(CCl)n2C(C)CCl. The van der Waals surface area contributed by atoms with E-state index in [4.69, 9.17) is 23.2 Å². The average Bonchev–Trinajstić information content (AvgIpc) is 2.74. The van der Waals surface area contributed by atoms with E-state index in [1.165, 1.54) is 5.56 Å². The van der Waals surface area contributed by atoms with Gasteiger partial charge in [-0.25, -0.2) is 4.98 Å². The maximum Gasteiger partial charge on any atom is 0.125 e. The number of aryl methyl sites for hydroxylation is 1. The highest BCUT2D eigenvalue weighted by Gasteiger charge is 2.14. The smallest absolute Gasteiger partial charge is 0.125 e. The lowest BCUT2D eigenvalue weighted by Gasteiger charge is -2.13. The summed E-state index contributed by atoms with van der Waals surface area (Å²) in [6, 6.07) is 6.59. The fraction of sp³-hybridized carbons (Fsp3) is 0.462. The number of hydrogen-bond donors (Lipinski definition) is 0. The Kier molecular flexibility index (Phi) is 3.95. The summed E-state index contributed by atoms with van der Waals surface area (Å²) in [7, 11) is 0. The summed E-state index contributed by atoms with van der Waals surface area (Å²) in [6.07, 6.45) is 1.02. The molecular formula is C13H16Cl2N2. The molecular weight excluding hydrogens is 255 g/mol. The highest BCUT2D eigenvalue weighted by Crippen LogP contribution is 2.24. The molecule has 0 fully saturated rings. The normalized spacial score (nSPS) is 13.2. The Labute approximate surface area is 112 Å². The predicted octanol–water partition coefficient (Wildman–Crippen LogP) is 4.14. The zero-order valence-electron chi connectivity index (χ0n) is 10.1. The van der Waals surface area contributed by atoms with E-state index in [1.54, 1.807) is 0 Å². The minimum Gasteiger partial charge on any atom is -0.323 e. The summed E-state index contributed by atoms with van der Waals surface area (Å²) in [5.41, 5.74) is 3.42. The number of imidazole rings is 1. The molecule has 17 heavy (non-hydrogen) atoms. The number of halogens is 2. The van der Waals surface area contributed by atoms with Gasteiger partial charge in [-0.15, -0.1) is 23.2 Å². The molecule has 0 amide bonds. The Morgan fingerprint density at radius 1 is 1.35 bits per heavy atom. The van der Waals surface area contributed by atoms with E-state index in [-0.39, 0.29) is 6.04 Å². The lowest BCUT2D eigenvalue weighted by Crippen LogP contribution is -2.09. The zero-order chi connectivity index (χ0) is 12.4. The minimum atomic E-state index is 0.211. The van der Waals surface area contributed by atoms with E-state index in [0.29, 0.717) is 11.8 Å². The number of hydrogen-bond acceptors (Lipinski definition) is 1. The van der Waals surface area contributed by atoms with Crippen LogP contribution in [0.25, 0.3) is 11.0 Å². The van der Waals surface area contributed by atoms with Crippen LogP contribution in [-0.2, 0) is 12.3 Å². The highest BCUT2D eigenvalue weighted by atomic mass is 35.5. The fourth-order valence-electron chi connectivity index (χ4n) is 2.07. The Hall–Kier alpha value is -0.730. The fourth-order valence-corrected chi connectivity index (χ4v) is 2.40. The number of benzene rings is 1. The standard InChI is InChI=1S/C13H16Cl2N2/c1-3-10-4-5-12-11(6-10)16-13(8-15)17(12)9(2)7-14/h4-6,9H,3,7-8H2,1-2H3. The lowest BCUT2D eigenvalue weighted by atomic mass is 10.1. The Morgan fingerprint density at radius 2 is 2.12 bits per heavy atom. The molecule has 1 aromatic heterocycles. The van der Waals surface area contributed by atoms with Crippen LogP contribution >= 0.6 is 23.2 Å². The van der Waals surface area contributed by atoms with E-state index in [0.717, 1.165) is 23.3 Å². The molecule has 0 aliphatic carbocycles. The first kappa shape index (κ1) is 12.7. The third-order valence-electron chi connectivity index (χ3n) is 3.02. The number of rotatable bonds is 4. The maximum atomic E-state index is 5.95. The summed E-state index contributed by atoms with van der Waals surface area (Å²) in [4.78, 5) is 4.58. The van der Waals surface area contributed by atoms with Crippen LogP contribution in [0.1, 0.15) is 31.3 Å².